The van der Waals surface area contributed by atoms with Crippen LogP contribution in [-0.2, 0) is 0 Å². The van der Waals surface area contributed by atoms with E-state index in [9.17, 15) is 0 Å². The molecule has 0 unspecified atom stereocenters. The highest BCUT2D eigenvalue weighted by Crippen LogP contribution is 2.34. The number of rotatable bonds is 4. The van der Waals surface area contributed by atoms with Gasteiger partial charge >= 0.3 is 0 Å². The van der Waals surface area contributed by atoms with Crippen LogP contribution < -0.4 is 0 Å². The number of hydrogen-bond donors (Lipinski definition) is 0. The summed E-state index contributed by atoms with van der Waals surface area (Å²) in [7, 11) is 0. The van der Waals surface area contributed by atoms with Gasteiger partial charge in [-0.25, -0.2) is 0 Å². The molecule has 0 atom stereocenters. The van der Waals surface area contributed by atoms with E-state index in [1.807, 2.05) is 6.07 Å². The predicted molar refractivity (Wildman–Crippen MR) is 478 cm³/mol. The molecule has 526 valence electrons. The van der Waals surface area contributed by atoms with Crippen molar-refractivity contribution in [3.8, 4) is 44.5 Å². The highest BCUT2D eigenvalue weighted by molar-refractivity contribution is 6.09. The van der Waals surface area contributed by atoms with E-state index in [1.54, 1.807) is 0 Å². The molecule has 0 saturated carbocycles. The maximum absolute atomic E-state index is 2.26. The number of aryl methyl sites for hydroxylation is 7. The summed E-state index contributed by atoms with van der Waals surface area (Å²) in [5.41, 5.74) is 19.6. The maximum atomic E-state index is 2.26. The Balaban J connectivity index is 0.000000107. The Morgan fingerprint density at radius 2 is 0.413 bits per heavy atom. The van der Waals surface area contributed by atoms with E-state index >= 15 is 0 Å². The third-order valence-corrected chi connectivity index (χ3v) is 20.4. The van der Waals surface area contributed by atoms with Gasteiger partial charge in [0.25, 0.3) is 0 Å². The Morgan fingerprint density at radius 3 is 0.945 bits per heavy atom. The molecule has 20 aromatic carbocycles. The van der Waals surface area contributed by atoms with E-state index in [1.165, 1.54) is 180 Å². The second-order valence-electron chi connectivity index (χ2n) is 28.4. The molecule has 0 aromatic heterocycles. The smallest absolute Gasteiger partial charge is 0.0103 e. The van der Waals surface area contributed by atoms with Crippen molar-refractivity contribution < 1.29 is 0 Å². The number of benzene rings is 20. The molecule has 0 heteroatoms. The lowest BCUT2D eigenvalue weighted by Gasteiger charge is -2.09. The van der Waals surface area contributed by atoms with Crippen LogP contribution in [0.4, 0.5) is 0 Å². The second-order valence-corrected chi connectivity index (χ2v) is 28.4. The molecule has 109 heavy (non-hydrogen) atoms. The van der Waals surface area contributed by atoms with Crippen LogP contribution in [0.1, 0.15) is 38.9 Å². The van der Waals surface area contributed by atoms with Gasteiger partial charge in [0, 0.05) is 0 Å². The van der Waals surface area contributed by atoms with Gasteiger partial charge < -0.3 is 0 Å². The highest BCUT2D eigenvalue weighted by Gasteiger charge is 2.08. The molecule has 0 spiro atoms. The summed E-state index contributed by atoms with van der Waals surface area (Å²) < 4.78 is 0. The molecule has 0 N–H and O–H groups in total. The second kappa shape index (κ2) is 34.8. The maximum Gasteiger partial charge on any atom is -0.0103 e. The summed E-state index contributed by atoms with van der Waals surface area (Å²) in [6.45, 7) is 15.0. The summed E-state index contributed by atoms with van der Waals surface area (Å²) in [6.07, 6.45) is 0. The summed E-state index contributed by atoms with van der Waals surface area (Å²) in [5.74, 6) is 0. The summed E-state index contributed by atoms with van der Waals surface area (Å²) in [6, 6.07) is 149. The third-order valence-electron chi connectivity index (χ3n) is 20.4. The zero-order valence-corrected chi connectivity index (χ0v) is 63.3. The van der Waals surface area contributed by atoms with E-state index < -0.39 is 0 Å². The average Bonchev–Trinajstić information content (AvgIpc) is 0.799. The van der Waals surface area contributed by atoms with E-state index in [0.29, 0.717) is 0 Å². The monoisotopic (exact) mass is 1400 g/mol. The molecule has 0 heterocycles. The first kappa shape index (κ1) is 72.7. The SMILES string of the molecule is Cc1cc2ccccc2c2ccccc12.Cc1ccc(-c2ccccc2)c2ccccc12.Cc1ccc2cc(-c3ccccc3)ccc2c1.Cc1ccc2cc3ccccc3cc2c1.Cc1ccc2ccc(-c3ccccc3)cc2c1.Cc1ccc2ccccc2c1.Cc1cccc2c(-c3ccccc3)cccc12. The van der Waals surface area contributed by atoms with Gasteiger partial charge in [-0.15, -0.1) is 0 Å². The molecule has 0 aliphatic rings. The van der Waals surface area contributed by atoms with Gasteiger partial charge in [-0.05, 0) is 231 Å². The van der Waals surface area contributed by atoms with Gasteiger partial charge in [-0.1, -0.05) is 417 Å². The van der Waals surface area contributed by atoms with Crippen molar-refractivity contribution >= 4 is 97.0 Å². The van der Waals surface area contributed by atoms with Crippen molar-refractivity contribution in [3.63, 3.8) is 0 Å². The van der Waals surface area contributed by atoms with Crippen molar-refractivity contribution in [1.29, 1.82) is 0 Å². The summed E-state index contributed by atoms with van der Waals surface area (Å²) in [4.78, 5) is 0. The fraction of sp³-hybridized carbons (Fsp3) is 0.0642. The van der Waals surface area contributed by atoms with E-state index in [4.69, 9.17) is 0 Å². The van der Waals surface area contributed by atoms with Crippen LogP contribution in [0.15, 0.2) is 419 Å². The topological polar surface area (TPSA) is 0 Å². The molecule has 0 fully saturated rings. The van der Waals surface area contributed by atoms with E-state index in [-0.39, 0.29) is 0 Å². The van der Waals surface area contributed by atoms with Crippen molar-refractivity contribution in [2.75, 3.05) is 0 Å². The molecule has 0 nitrogen and oxygen atoms in total. The summed E-state index contributed by atoms with van der Waals surface area (Å²) >= 11 is 0. The highest BCUT2D eigenvalue weighted by atomic mass is 14.1. The molecule has 20 rings (SSSR count). The fourth-order valence-corrected chi connectivity index (χ4v) is 14.6. The van der Waals surface area contributed by atoms with Crippen LogP contribution >= 0.6 is 0 Å². The Labute approximate surface area is 643 Å². The molecule has 20 aromatic rings. The first-order valence-corrected chi connectivity index (χ1v) is 37.8. The lowest BCUT2D eigenvalue weighted by molar-refractivity contribution is 1.50. The fourth-order valence-electron chi connectivity index (χ4n) is 14.6. The summed E-state index contributed by atoms with van der Waals surface area (Å²) in [5, 5.41) is 23.9. The van der Waals surface area contributed by atoms with Crippen LogP contribution in [0, 0.1) is 48.5 Å². The molecule has 0 aliphatic carbocycles. The van der Waals surface area contributed by atoms with Crippen molar-refractivity contribution in [3.05, 3.63) is 458 Å². The van der Waals surface area contributed by atoms with Gasteiger partial charge in [0.15, 0.2) is 0 Å². The minimum atomic E-state index is 1.27. The molecular formula is C109H90. The van der Waals surface area contributed by atoms with Crippen LogP contribution in [0.3, 0.4) is 0 Å². The minimum Gasteiger partial charge on any atom is -0.0622 e. The van der Waals surface area contributed by atoms with Crippen molar-refractivity contribution in [2.45, 2.75) is 48.5 Å². The van der Waals surface area contributed by atoms with E-state index in [0.717, 1.165) is 0 Å². The largest absolute Gasteiger partial charge is 0.0622 e. The van der Waals surface area contributed by atoms with Gasteiger partial charge in [0.05, 0.1) is 0 Å². The normalized spacial score (nSPS) is 10.7. The number of hydrogen-bond acceptors (Lipinski definition) is 0. The Kier molecular flexibility index (Phi) is 23.2. The molecule has 0 aliphatic heterocycles. The Morgan fingerprint density at radius 1 is 0.119 bits per heavy atom. The minimum absolute atomic E-state index is 1.27. The molecule has 0 bridgehead atoms. The lowest BCUT2D eigenvalue weighted by Crippen LogP contribution is -1.83. The zero-order valence-electron chi connectivity index (χ0n) is 63.3. The van der Waals surface area contributed by atoms with Gasteiger partial charge in [0.2, 0.25) is 0 Å². The van der Waals surface area contributed by atoms with Gasteiger partial charge in [0.1, 0.15) is 0 Å². The Bertz CT molecular complexity index is 6400. The average molecular weight is 1400 g/mol. The molecule has 0 saturated heterocycles. The van der Waals surface area contributed by atoms with Gasteiger partial charge in [-0.3, -0.25) is 0 Å². The zero-order chi connectivity index (χ0) is 74.8. The van der Waals surface area contributed by atoms with Crippen LogP contribution in [0.5, 0.6) is 0 Å². The number of fused-ring (bicyclic) bond motifs is 10. The van der Waals surface area contributed by atoms with Crippen LogP contribution in [-0.4, -0.2) is 0 Å². The van der Waals surface area contributed by atoms with Crippen molar-refractivity contribution in [2.24, 2.45) is 0 Å². The van der Waals surface area contributed by atoms with Crippen molar-refractivity contribution in [1.82, 2.24) is 0 Å². The van der Waals surface area contributed by atoms with Gasteiger partial charge in [-0.2, -0.15) is 0 Å². The quantitative estimate of drug-likeness (QED) is 0.122. The first-order valence-electron chi connectivity index (χ1n) is 37.8. The molecule has 0 amide bonds. The predicted octanol–water partition coefficient (Wildman–Crippen LogP) is 31.0. The standard InChI is InChI=1S/4C17H14.2C15H12.C11H10/c1-13-7-5-12-17-15(13)10-6-11-16(17)14-8-3-2-4-9-14;1-13-11-12-16(14-7-3-2-4-8-14)17-10-6-5-9-15(13)17;1-13-7-8-17-12-16(10-9-15(17)11-13)14-5-3-2-4-6-14;1-13-7-8-15-9-10-16(12-17(15)11-13)14-5-3-2-4-6-14;1-11-10-12-6-2-3-8-14(12)15-9-5-4-7-13(11)15;1-11-6-7-14-9-12-4-2-3-5-13(12)10-15(14)8-11;1-9-6-7-10-4-2-3-5-11(10)8-9/h4*2-12H,1H3;2*2-10H,1H3;2-8H,1H3. The lowest BCUT2D eigenvalue weighted by atomic mass is 9.96. The van der Waals surface area contributed by atoms with Crippen LogP contribution in [0.25, 0.3) is 141 Å². The van der Waals surface area contributed by atoms with Crippen LogP contribution in [0.2, 0.25) is 0 Å². The molecular weight excluding hydrogens is 1310 g/mol. The molecule has 0 radical (unpaired) electrons. The third kappa shape index (κ3) is 18.0. The van der Waals surface area contributed by atoms with E-state index in [2.05, 4.69) is 461 Å². The Hall–Kier alpha value is -13.3. The first-order chi connectivity index (χ1) is 53.4.